The molecule has 1 aromatic carbocycles. The van der Waals surface area contributed by atoms with E-state index in [1.807, 2.05) is 67.5 Å². The van der Waals surface area contributed by atoms with Gasteiger partial charge in [0.25, 0.3) is 0 Å². The van der Waals surface area contributed by atoms with Crippen LogP contribution in [0.4, 0.5) is 5.69 Å². The Morgan fingerprint density at radius 1 is 1.16 bits per heavy atom. The Balaban J connectivity index is 2.31. The number of nitrogens with zero attached hydrogens (tertiary/aromatic N) is 3. The minimum atomic E-state index is 0.554. The van der Waals surface area contributed by atoms with Crippen LogP contribution >= 0.6 is 0 Å². The molecule has 0 spiro atoms. The molecule has 0 aliphatic rings. The van der Waals surface area contributed by atoms with Crippen molar-refractivity contribution in [2.75, 3.05) is 19.0 Å². The summed E-state index contributed by atoms with van der Waals surface area (Å²) in [4.78, 5) is 9.79. The summed E-state index contributed by atoms with van der Waals surface area (Å²) in [5, 5.41) is 0. The van der Waals surface area contributed by atoms with Gasteiger partial charge in [-0.3, -0.25) is 4.98 Å². The van der Waals surface area contributed by atoms with Crippen molar-refractivity contribution in [3.63, 3.8) is 0 Å². The van der Waals surface area contributed by atoms with Crippen molar-refractivity contribution < 1.29 is 0 Å². The van der Waals surface area contributed by atoms with E-state index in [1.54, 1.807) is 6.20 Å². The van der Waals surface area contributed by atoms with Gasteiger partial charge in [0.15, 0.2) is 0 Å². The summed E-state index contributed by atoms with van der Waals surface area (Å²) < 4.78 is 0. The zero-order valence-corrected chi connectivity index (χ0v) is 11.0. The van der Waals surface area contributed by atoms with Gasteiger partial charge >= 0.3 is 0 Å². The Hall–Kier alpha value is -2.60. The van der Waals surface area contributed by atoms with Crippen LogP contribution in [0.15, 0.2) is 48.7 Å². The minimum Gasteiger partial charge on any atom is -0.378 e. The zero-order valence-electron chi connectivity index (χ0n) is 11.0. The molecule has 19 heavy (non-hydrogen) atoms. The van der Waals surface area contributed by atoms with Gasteiger partial charge < -0.3 is 4.90 Å². The van der Waals surface area contributed by atoms with Crippen molar-refractivity contribution in [1.82, 2.24) is 4.98 Å². The Morgan fingerprint density at radius 2 is 1.89 bits per heavy atom. The molecule has 3 nitrogen and oxygen atoms in total. The minimum absolute atomic E-state index is 0.554. The lowest BCUT2D eigenvalue weighted by atomic mass is 10.1. The van der Waals surface area contributed by atoms with Gasteiger partial charge in [-0.25, -0.2) is 4.85 Å². The number of rotatable bonds is 3. The summed E-state index contributed by atoms with van der Waals surface area (Å²) in [6.45, 7) is 7.27. The van der Waals surface area contributed by atoms with Crippen molar-refractivity contribution in [1.29, 1.82) is 0 Å². The average molecular weight is 249 g/mol. The topological polar surface area (TPSA) is 20.5 Å². The molecule has 3 heteroatoms. The highest BCUT2D eigenvalue weighted by atomic mass is 15.1. The molecule has 0 saturated heterocycles. The SMILES string of the molecule is [C-]#[N+]C(=Cc1ccc(N(C)C)cc1)c1ccccn1. The lowest BCUT2D eigenvalue weighted by Gasteiger charge is -2.11. The monoisotopic (exact) mass is 249 g/mol. The number of hydrogen-bond donors (Lipinski definition) is 0. The molecular formula is C16H15N3. The predicted molar refractivity (Wildman–Crippen MR) is 79.5 cm³/mol. The maximum absolute atomic E-state index is 7.27. The Morgan fingerprint density at radius 3 is 2.42 bits per heavy atom. The van der Waals surface area contributed by atoms with E-state index < -0.39 is 0 Å². The van der Waals surface area contributed by atoms with Crippen LogP contribution < -0.4 is 4.90 Å². The van der Waals surface area contributed by atoms with Crippen LogP contribution in [0.3, 0.4) is 0 Å². The highest BCUT2D eigenvalue weighted by Gasteiger charge is 2.02. The van der Waals surface area contributed by atoms with Gasteiger partial charge in [0.2, 0.25) is 5.70 Å². The third-order valence-corrected chi connectivity index (χ3v) is 2.76. The van der Waals surface area contributed by atoms with Crippen molar-refractivity contribution in [2.24, 2.45) is 0 Å². The fourth-order valence-corrected chi connectivity index (χ4v) is 1.70. The van der Waals surface area contributed by atoms with E-state index in [0.29, 0.717) is 11.4 Å². The van der Waals surface area contributed by atoms with Gasteiger partial charge in [-0.2, -0.15) is 0 Å². The van der Waals surface area contributed by atoms with Gasteiger partial charge in [-0.1, -0.05) is 18.2 Å². The smallest absolute Gasteiger partial charge is 0.212 e. The molecule has 0 amide bonds. The quantitative estimate of drug-likeness (QED) is 0.775. The molecule has 0 aliphatic heterocycles. The molecular weight excluding hydrogens is 234 g/mol. The highest BCUT2D eigenvalue weighted by Crippen LogP contribution is 2.19. The summed E-state index contributed by atoms with van der Waals surface area (Å²) in [5.41, 5.74) is 3.40. The van der Waals surface area contributed by atoms with Crippen LogP contribution in [-0.4, -0.2) is 19.1 Å². The van der Waals surface area contributed by atoms with Crippen LogP contribution in [0.1, 0.15) is 11.3 Å². The second-order valence-corrected chi connectivity index (χ2v) is 4.34. The van der Waals surface area contributed by atoms with Gasteiger partial charge in [0, 0.05) is 26.0 Å². The molecule has 94 valence electrons. The second kappa shape index (κ2) is 5.83. The van der Waals surface area contributed by atoms with Gasteiger partial charge in [-0.05, 0) is 35.9 Å². The molecule has 2 aromatic rings. The molecule has 0 unspecified atom stereocenters. The van der Waals surface area contributed by atoms with E-state index in [-0.39, 0.29) is 0 Å². The fraction of sp³-hybridized carbons (Fsp3) is 0.125. The first-order valence-corrected chi connectivity index (χ1v) is 5.98. The third kappa shape index (κ3) is 3.20. The maximum atomic E-state index is 7.27. The standard InChI is InChI=1S/C16H15N3/c1-17-16(15-6-4-5-11-18-15)12-13-7-9-14(10-8-13)19(2)3/h4-12H,2-3H3. The number of benzene rings is 1. The number of pyridine rings is 1. The van der Waals surface area contributed by atoms with Crippen LogP contribution in [-0.2, 0) is 0 Å². The predicted octanol–water partition coefficient (Wildman–Crippen LogP) is 3.56. The van der Waals surface area contributed by atoms with Crippen LogP contribution in [0, 0.1) is 6.57 Å². The summed E-state index contributed by atoms with van der Waals surface area (Å²) in [7, 11) is 4.01. The van der Waals surface area contributed by atoms with Crippen molar-refractivity contribution in [3.05, 3.63) is 71.3 Å². The van der Waals surface area contributed by atoms with Crippen LogP contribution in [0.25, 0.3) is 16.6 Å². The van der Waals surface area contributed by atoms with Gasteiger partial charge in [-0.15, -0.1) is 0 Å². The second-order valence-electron chi connectivity index (χ2n) is 4.34. The third-order valence-electron chi connectivity index (χ3n) is 2.76. The lowest BCUT2D eigenvalue weighted by Crippen LogP contribution is -2.07. The van der Waals surface area contributed by atoms with E-state index in [9.17, 15) is 0 Å². The van der Waals surface area contributed by atoms with Crippen LogP contribution in [0.2, 0.25) is 0 Å². The van der Waals surface area contributed by atoms with Crippen molar-refractivity contribution >= 4 is 17.5 Å². The Labute approximate surface area is 113 Å². The molecule has 1 aromatic heterocycles. The zero-order chi connectivity index (χ0) is 13.7. The van der Waals surface area contributed by atoms with Crippen molar-refractivity contribution in [3.8, 4) is 0 Å². The molecule has 0 radical (unpaired) electrons. The van der Waals surface area contributed by atoms with Crippen molar-refractivity contribution in [2.45, 2.75) is 0 Å². The average Bonchev–Trinajstić information content (AvgIpc) is 2.46. The van der Waals surface area contributed by atoms with Crippen LogP contribution in [0.5, 0.6) is 0 Å². The normalized spacial score (nSPS) is 10.9. The molecule has 1 heterocycles. The first-order valence-electron chi connectivity index (χ1n) is 5.98. The maximum Gasteiger partial charge on any atom is 0.212 e. The first-order chi connectivity index (χ1) is 9.20. The summed E-state index contributed by atoms with van der Waals surface area (Å²) >= 11 is 0. The van der Waals surface area contributed by atoms with E-state index in [4.69, 9.17) is 6.57 Å². The molecule has 0 N–H and O–H groups in total. The first kappa shape index (κ1) is 12.8. The molecule has 0 bridgehead atoms. The number of anilines is 1. The molecule has 2 rings (SSSR count). The summed E-state index contributed by atoms with van der Waals surface area (Å²) in [6, 6.07) is 13.6. The number of aromatic nitrogens is 1. The highest BCUT2D eigenvalue weighted by molar-refractivity contribution is 5.83. The molecule has 0 fully saturated rings. The van der Waals surface area contributed by atoms with Gasteiger partial charge in [0.05, 0.1) is 12.3 Å². The fourth-order valence-electron chi connectivity index (χ4n) is 1.70. The van der Waals surface area contributed by atoms with E-state index in [1.165, 1.54) is 0 Å². The molecule has 0 atom stereocenters. The van der Waals surface area contributed by atoms with E-state index in [0.717, 1.165) is 11.3 Å². The Kier molecular flexibility index (Phi) is 3.94. The van der Waals surface area contributed by atoms with Gasteiger partial charge in [0.1, 0.15) is 0 Å². The summed E-state index contributed by atoms with van der Waals surface area (Å²) in [6.07, 6.45) is 3.55. The Bertz CT molecular complexity index is 605. The van der Waals surface area contributed by atoms with E-state index in [2.05, 4.69) is 9.83 Å². The number of hydrogen-bond acceptors (Lipinski definition) is 2. The largest absolute Gasteiger partial charge is 0.378 e. The van der Waals surface area contributed by atoms with E-state index >= 15 is 0 Å². The summed E-state index contributed by atoms with van der Waals surface area (Å²) in [5.74, 6) is 0. The molecule has 0 saturated carbocycles. The molecule has 0 aliphatic carbocycles. The lowest BCUT2D eigenvalue weighted by molar-refractivity contribution is 1.13.